The molecule has 0 atom stereocenters. The van der Waals surface area contributed by atoms with Crippen LogP contribution in [0.5, 0.6) is 5.75 Å². The third-order valence-corrected chi connectivity index (χ3v) is 6.34. The van der Waals surface area contributed by atoms with Crippen molar-refractivity contribution in [1.29, 1.82) is 0 Å². The smallest absolute Gasteiger partial charge is 0.182 e. The second-order valence-corrected chi connectivity index (χ2v) is 8.86. The van der Waals surface area contributed by atoms with Gasteiger partial charge in [-0.3, -0.25) is 19.2 Å². The number of hydrogen-bond donors (Lipinski definition) is 0. The number of sulfone groups is 1. The highest BCUT2D eigenvalue weighted by atomic mass is 35.5. The molecule has 0 aromatic heterocycles. The van der Waals surface area contributed by atoms with Crippen LogP contribution in [0.1, 0.15) is 43.5 Å². The Morgan fingerprint density at radius 2 is 1.78 bits per heavy atom. The summed E-state index contributed by atoms with van der Waals surface area (Å²) in [4.78, 5) is 47.8. The third kappa shape index (κ3) is 4.44. The Morgan fingerprint density at radius 3 is 2.30 bits per heavy atom. The van der Waals surface area contributed by atoms with Crippen molar-refractivity contribution in [1.82, 2.24) is 0 Å². The Balaban J connectivity index is 2.56. The first-order valence-corrected chi connectivity index (χ1v) is 10.4. The van der Waals surface area contributed by atoms with Crippen LogP contribution in [0.25, 0.3) is 0 Å². The first-order valence-electron chi connectivity index (χ1n) is 8.37. The van der Waals surface area contributed by atoms with Gasteiger partial charge < -0.3 is 4.74 Å². The largest absolute Gasteiger partial charge is 0.483 e. The normalized spacial score (nSPS) is 15.7. The van der Waals surface area contributed by atoms with Gasteiger partial charge >= 0.3 is 0 Å². The van der Waals surface area contributed by atoms with Crippen LogP contribution >= 0.6 is 11.6 Å². The second kappa shape index (κ2) is 8.31. The number of carbonyl (C=O) groups excluding carboxylic acids is 4. The minimum absolute atomic E-state index is 0.121. The van der Waals surface area contributed by atoms with Crippen LogP contribution in [0.15, 0.2) is 17.0 Å². The van der Waals surface area contributed by atoms with E-state index in [1.807, 2.05) is 0 Å². The van der Waals surface area contributed by atoms with Crippen LogP contribution < -0.4 is 4.74 Å². The molecule has 1 saturated carbocycles. The van der Waals surface area contributed by atoms with Crippen molar-refractivity contribution in [2.24, 2.45) is 5.92 Å². The van der Waals surface area contributed by atoms with Crippen LogP contribution in [-0.2, 0) is 24.2 Å². The molecule has 1 aliphatic rings. The first kappa shape index (κ1) is 21.2. The van der Waals surface area contributed by atoms with Crippen LogP contribution in [0.3, 0.4) is 0 Å². The lowest BCUT2D eigenvalue weighted by Gasteiger charge is -2.20. The molecule has 0 aliphatic heterocycles. The lowest BCUT2D eigenvalue weighted by molar-refractivity contribution is -0.133. The van der Waals surface area contributed by atoms with Crippen molar-refractivity contribution >= 4 is 44.6 Å². The van der Waals surface area contributed by atoms with Gasteiger partial charge in [0.1, 0.15) is 17.4 Å². The number of halogens is 1. The summed E-state index contributed by atoms with van der Waals surface area (Å²) >= 11 is 6.23. The summed E-state index contributed by atoms with van der Waals surface area (Å²) in [6, 6.07) is 2.31. The fourth-order valence-electron chi connectivity index (χ4n) is 2.79. The summed E-state index contributed by atoms with van der Waals surface area (Å²) in [7, 11) is -3.75. The molecule has 0 bridgehead atoms. The summed E-state index contributed by atoms with van der Waals surface area (Å²) in [5.74, 6) is -4.14. The van der Waals surface area contributed by atoms with E-state index in [4.69, 9.17) is 16.3 Å². The maximum Gasteiger partial charge on any atom is 0.182 e. The van der Waals surface area contributed by atoms with E-state index in [0.29, 0.717) is 6.42 Å². The maximum absolute atomic E-state index is 12.8. The van der Waals surface area contributed by atoms with Gasteiger partial charge in [0, 0.05) is 18.4 Å². The number of benzene rings is 1. The Labute approximate surface area is 161 Å². The Morgan fingerprint density at radius 1 is 1.19 bits per heavy atom. The number of ether oxygens (including phenoxy) is 1. The Bertz CT molecular complexity index is 902. The standard InChI is InChI=1S/C18H19ClO7S/c1-3-27(24,25)14-8-7-11(16(19)18(14)26-9-10(2)20)17(23)15-12(21)5-4-6-13(15)22/h7-8,15H,3-6,9H2,1-2H3. The van der Waals surface area contributed by atoms with Gasteiger partial charge in [-0.25, -0.2) is 8.42 Å². The minimum atomic E-state index is -3.75. The summed E-state index contributed by atoms with van der Waals surface area (Å²) in [5.41, 5.74) is -0.182. The number of rotatable bonds is 7. The van der Waals surface area contributed by atoms with Crippen molar-refractivity contribution in [3.8, 4) is 5.75 Å². The Kier molecular flexibility index (Phi) is 6.54. The molecule has 146 valence electrons. The van der Waals surface area contributed by atoms with E-state index in [1.165, 1.54) is 19.9 Å². The molecule has 0 saturated heterocycles. The molecule has 2 rings (SSSR count). The van der Waals surface area contributed by atoms with E-state index < -0.39 is 39.7 Å². The molecule has 0 amide bonds. The van der Waals surface area contributed by atoms with Crippen molar-refractivity contribution in [3.63, 3.8) is 0 Å². The van der Waals surface area contributed by atoms with Gasteiger partial charge in [0.05, 0.1) is 10.8 Å². The van der Waals surface area contributed by atoms with Gasteiger partial charge in [-0.1, -0.05) is 18.5 Å². The zero-order chi connectivity index (χ0) is 20.4. The first-order chi connectivity index (χ1) is 12.6. The number of carbonyl (C=O) groups is 4. The molecular weight excluding hydrogens is 396 g/mol. The van der Waals surface area contributed by atoms with Crippen LogP contribution in [0, 0.1) is 5.92 Å². The zero-order valence-electron chi connectivity index (χ0n) is 14.9. The van der Waals surface area contributed by atoms with Gasteiger partial charge in [0.25, 0.3) is 0 Å². The average Bonchev–Trinajstić information content (AvgIpc) is 2.59. The number of hydrogen-bond acceptors (Lipinski definition) is 7. The van der Waals surface area contributed by atoms with E-state index in [1.54, 1.807) is 0 Å². The molecule has 0 heterocycles. The van der Waals surface area contributed by atoms with Crippen LogP contribution in [0.2, 0.25) is 5.02 Å². The highest BCUT2D eigenvalue weighted by Gasteiger charge is 2.38. The molecule has 7 nitrogen and oxygen atoms in total. The quantitative estimate of drug-likeness (QED) is 0.496. The molecule has 1 aliphatic carbocycles. The minimum Gasteiger partial charge on any atom is -0.483 e. The van der Waals surface area contributed by atoms with E-state index in [2.05, 4.69) is 0 Å². The molecular formula is C18H19ClO7S. The lowest BCUT2D eigenvalue weighted by atomic mass is 9.81. The highest BCUT2D eigenvalue weighted by Crippen LogP contribution is 2.37. The topological polar surface area (TPSA) is 112 Å². The number of Topliss-reactive ketones (excluding diaryl/α,β-unsaturated/α-hetero) is 4. The molecule has 0 spiro atoms. The molecule has 1 aromatic rings. The molecule has 27 heavy (non-hydrogen) atoms. The monoisotopic (exact) mass is 414 g/mol. The molecule has 1 aromatic carbocycles. The predicted octanol–water partition coefficient (Wildman–Crippen LogP) is 2.22. The molecule has 9 heteroatoms. The molecule has 0 radical (unpaired) electrons. The SMILES string of the molecule is CCS(=O)(=O)c1ccc(C(=O)C2C(=O)CCCC2=O)c(Cl)c1OCC(C)=O. The average molecular weight is 415 g/mol. The van der Waals surface area contributed by atoms with Crippen molar-refractivity contribution in [2.45, 2.75) is 38.0 Å². The molecule has 1 fully saturated rings. The maximum atomic E-state index is 12.8. The second-order valence-electron chi connectivity index (χ2n) is 6.23. The molecule has 0 N–H and O–H groups in total. The Hall–Kier alpha value is -2.06. The summed E-state index contributed by atoms with van der Waals surface area (Å²) in [6.45, 7) is 2.23. The fraction of sp³-hybridized carbons (Fsp3) is 0.444. The van der Waals surface area contributed by atoms with Crippen molar-refractivity contribution < 1.29 is 32.3 Å². The van der Waals surface area contributed by atoms with Crippen molar-refractivity contribution in [2.75, 3.05) is 12.4 Å². The van der Waals surface area contributed by atoms with Crippen LogP contribution in [0.4, 0.5) is 0 Å². The van der Waals surface area contributed by atoms with E-state index in [-0.39, 0.29) is 45.6 Å². The van der Waals surface area contributed by atoms with Gasteiger partial charge in [0.15, 0.2) is 38.7 Å². The van der Waals surface area contributed by atoms with Gasteiger partial charge in [0.2, 0.25) is 0 Å². The van der Waals surface area contributed by atoms with Gasteiger partial charge in [-0.05, 0) is 25.5 Å². The lowest BCUT2D eigenvalue weighted by Crippen LogP contribution is -2.35. The third-order valence-electron chi connectivity index (χ3n) is 4.21. The molecule has 0 unspecified atom stereocenters. The van der Waals surface area contributed by atoms with Gasteiger partial charge in [-0.15, -0.1) is 0 Å². The van der Waals surface area contributed by atoms with E-state index >= 15 is 0 Å². The summed E-state index contributed by atoms with van der Waals surface area (Å²) < 4.78 is 29.8. The van der Waals surface area contributed by atoms with Gasteiger partial charge in [-0.2, -0.15) is 0 Å². The summed E-state index contributed by atoms with van der Waals surface area (Å²) in [6.07, 6.45) is 0.640. The predicted molar refractivity (Wildman–Crippen MR) is 97.0 cm³/mol. The van der Waals surface area contributed by atoms with Crippen LogP contribution in [-0.4, -0.2) is 43.9 Å². The van der Waals surface area contributed by atoms with Crippen molar-refractivity contribution in [3.05, 3.63) is 22.7 Å². The van der Waals surface area contributed by atoms with E-state index in [9.17, 15) is 27.6 Å². The summed E-state index contributed by atoms with van der Waals surface area (Å²) in [5, 5.41) is -0.332. The highest BCUT2D eigenvalue weighted by molar-refractivity contribution is 7.91. The van der Waals surface area contributed by atoms with E-state index in [0.717, 1.165) is 6.07 Å². The number of ketones is 4. The zero-order valence-corrected chi connectivity index (χ0v) is 16.5. The fourth-order valence-corrected chi connectivity index (χ4v) is 4.19.